The van der Waals surface area contributed by atoms with Crippen molar-refractivity contribution in [1.29, 1.82) is 0 Å². The van der Waals surface area contributed by atoms with Gasteiger partial charge in [0.1, 0.15) is 5.52 Å². The minimum absolute atomic E-state index is 0.281. The lowest BCUT2D eigenvalue weighted by Crippen LogP contribution is -2.03. The number of nitrogens with one attached hydrogen (secondary N) is 2. The van der Waals surface area contributed by atoms with Crippen molar-refractivity contribution >= 4 is 33.6 Å². The molecule has 4 heterocycles. The maximum absolute atomic E-state index is 4.50. The normalized spacial score (nSPS) is 11.6. The summed E-state index contributed by atoms with van der Waals surface area (Å²) in [5.41, 5.74) is 3.44. The topological polar surface area (TPSA) is 84.3 Å². The Morgan fingerprint density at radius 2 is 2.14 bits per heavy atom. The van der Waals surface area contributed by atoms with E-state index in [0.29, 0.717) is 5.82 Å². The molecule has 4 aromatic rings. The van der Waals surface area contributed by atoms with Crippen molar-refractivity contribution in [2.45, 2.75) is 19.9 Å². The molecule has 0 aromatic carbocycles. The van der Waals surface area contributed by atoms with Gasteiger partial charge in [0.05, 0.1) is 23.6 Å². The highest BCUT2D eigenvalue weighted by molar-refractivity contribution is 5.88. The smallest absolute Gasteiger partial charge is 0.178 e. The number of rotatable bonds is 3. The van der Waals surface area contributed by atoms with Crippen LogP contribution in [0.25, 0.3) is 22.1 Å². The predicted octanol–water partition coefficient (Wildman–Crippen LogP) is 3.03. The van der Waals surface area contributed by atoms with Crippen LogP contribution in [0.4, 0.5) is 11.5 Å². The van der Waals surface area contributed by atoms with Crippen molar-refractivity contribution < 1.29 is 0 Å². The Morgan fingerprint density at radius 3 is 3.00 bits per heavy atom. The molecule has 22 heavy (non-hydrogen) atoms. The number of anilines is 2. The second-order valence-electron chi connectivity index (χ2n) is 5.42. The van der Waals surface area contributed by atoms with Gasteiger partial charge in [0.25, 0.3) is 0 Å². The summed E-state index contributed by atoms with van der Waals surface area (Å²) < 4.78 is 1.91. The fourth-order valence-corrected chi connectivity index (χ4v) is 2.46. The van der Waals surface area contributed by atoms with Gasteiger partial charge in [-0.3, -0.25) is 10.1 Å². The Balaban J connectivity index is 1.72. The number of H-pyrrole nitrogens is 1. The summed E-state index contributed by atoms with van der Waals surface area (Å²) >= 11 is 0. The van der Waals surface area contributed by atoms with Crippen molar-refractivity contribution in [3.05, 3.63) is 36.8 Å². The number of hydrogen-bond acceptors (Lipinski definition) is 5. The van der Waals surface area contributed by atoms with Crippen LogP contribution in [0.15, 0.2) is 36.8 Å². The molecule has 4 aromatic heterocycles. The van der Waals surface area contributed by atoms with Crippen molar-refractivity contribution in [3.63, 3.8) is 0 Å². The molecule has 0 saturated heterocycles. The molecule has 0 aliphatic heterocycles. The first-order valence-corrected chi connectivity index (χ1v) is 7.12. The van der Waals surface area contributed by atoms with Gasteiger partial charge in [0, 0.05) is 17.6 Å². The van der Waals surface area contributed by atoms with Gasteiger partial charge >= 0.3 is 0 Å². The lowest BCUT2D eigenvalue weighted by atomic mass is 10.3. The minimum atomic E-state index is 0.281. The second kappa shape index (κ2) is 4.80. The van der Waals surface area contributed by atoms with Gasteiger partial charge in [-0.25, -0.2) is 9.67 Å². The first-order valence-electron chi connectivity index (χ1n) is 7.12. The Kier molecular flexibility index (Phi) is 2.78. The highest BCUT2D eigenvalue weighted by Gasteiger charge is 2.10. The molecular formula is C15H15N7. The molecule has 0 fully saturated rings. The van der Waals surface area contributed by atoms with E-state index in [-0.39, 0.29) is 6.04 Å². The molecule has 0 radical (unpaired) electrons. The summed E-state index contributed by atoms with van der Waals surface area (Å²) in [5.74, 6) is 0.688. The highest BCUT2D eigenvalue weighted by Crippen LogP contribution is 2.24. The Labute approximate surface area is 126 Å². The quantitative estimate of drug-likeness (QED) is 0.606. The Morgan fingerprint density at radius 1 is 1.23 bits per heavy atom. The summed E-state index contributed by atoms with van der Waals surface area (Å²) in [4.78, 5) is 8.84. The minimum Gasteiger partial charge on any atom is -0.336 e. The van der Waals surface area contributed by atoms with E-state index >= 15 is 0 Å². The van der Waals surface area contributed by atoms with Crippen LogP contribution >= 0.6 is 0 Å². The molecule has 0 spiro atoms. The number of aromatic amines is 1. The van der Waals surface area contributed by atoms with Gasteiger partial charge in [0.15, 0.2) is 11.5 Å². The van der Waals surface area contributed by atoms with Crippen LogP contribution in [0.1, 0.15) is 19.9 Å². The molecule has 4 rings (SSSR count). The maximum atomic E-state index is 4.50. The van der Waals surface area contributed by atoms with Gasteiger partial charge < -0.3 is 5.32 Å². The zero-order valence-electron chi connectivity index (χ0n) is 12.3. The van der Waals surface area contributed by atoms with Crippen molar-refractivity contribution in [2.75, 3.05) is 5.32 Å². The molecule has 0 unspecified atom stereocenters. The number of nitrogens with zero attached hydrogens (tertiary/aromatic N) is 5. The van der Waals surface area contributed by atoms with Crippen LogP contribution < -0.4 is 5.32 Å². The largest absolute Gasteiger partial charge is 0.336 e. The van der Waals surface area contributed by atoms with E-state index in [4.69, 9.17) is 0 Å². The van der Waals surface area contributed by atoms with E-state index in [1.54, 1.807) is 12.4 Å². The zero-order valence-corrected chi connectivity index (χ0v) is 12.3. The lowest BCUT2D eigenvalue weighted by Gasteiger charge is -2.07. The van der Waals surface area contributed by atoms with Crippen LogP contribution in [0.5, 0.6) is 0 Å². The highest BCUT2D eigenvalue weighted by atomic mass is 15.3. The van der Waals surface area contributed by atoms with Gasteiger partial charge in [-0.15, -0.1) is 0 Å². The van der Waals surface area contributed by atoms with Crippen LogP contribution in [-0.4, -0.2) is 29.9 Å². The Bertz CT molecular complexity index is 951. The van der Waals surface area contributed by atoms with Crippen LogP contribution in [0.2, 0.25) is 0 Å². The average molecular weight is 293 g/mol. The Hall–Kier alpha value is -2.96. The van der Waals surface area contributed by atoms with Gasteiger partial charge in [0.2, 0.25) is 0 Å². The van der Waals surface area contributed by atoms with Gasteiger partial charge in [-0.05, 0) is 32.0 Å². The molecule has 7 nitrogen and oxygen atoms in total. The number of pyridine rings is 2. The molecule has 7 heteroatoms. The summed E-state index contributed by atoms with van der Waals surface area (Å²) in [7, 11) is 0. The molecule has 0 saturated carbocycles. The summed E-state index contributed by atoms with van der Waals surface area (Å²) in [6, 6.07) is 6.10. The van der Waals surface area contributed by atoms with E-state index < -0.39 is 0 Å². The van der Waals surface area contributed by atoms with Crippen LogP contribution in [0, 0.1) is 0 Å². The average Bonchev–Trinajstić information content (AvgIpc) is 3.11. The molecule has 0 amide bonds. The van der Waals surface area contributed by atoms with E-state index in [2.05, 4.69) is 44.4 Å². The van der Waals surface area contributed by atoms with E-state index in [1.807, 2.05) is 29.1 Å². The van der Waals surface area contributed by atoms with Gasteiger partial charge in [-0.1, -0.05) is 0 Å². The predicted molar refractivity (Wildman–Crippen MR) is 85.1 cm³/mol. The standard InChI is InChI=1S/C15H15N7/c1-9(2)22-15-10(7-18-22)6-11(8-17-15)19-14-13-12(20-21-14)4-3-5-16-13/h3-9H,1-2H3,(H2,19,20,21). The molecule has 0 aliphatic carbocycles. The number of hydrogen-bond donors (Lipinski definition) is 2. The molecule has 2 N–H and O–H groups in total. The lowest BCUT2D eigenvalue weighted by molar-refractivity contribution is 0.546. The molecule has 0 aliphatic rings. The first-order chi connectivity index (χ1) is 10.7. The monoisotopic (exact) mass is 293 g/mol. The van der Waals surface area contributed by atoms with Crippen LogP contribution in [-0.2, 0) is 0 Å². The summed E-state index contributed by atoms with van der Waals surface area (Å²) in [5, 5.41) is 15.8. The molecule has 0 bridgehead atoms. The molecular weight excluding hydrogens is 278 g/mol. The van der Waals surface area contributed by atoms with Crippen LogP contribution in [0.3, 0.4) is 0 Å². The fraction of sp³-hybridized carbons (Fsp3) is 0.200. The SMILES string of the molecule is CC(C)n1ncc2cc(Nc3n[nH]c4cccnc34)cnc21. The third-order valence-corrected chi connectivity index (χ3v) is 3.51. The van der Waals surface area contributed by atoms with E-state index in [0.717, 1.165) is 27.8 Å². The zero-order chi connectivity index (χ0) is 15.1. The maximum Gasteiger partial charge on any atom is 0.178 e. The third-order valence-electron chi connectivity index (χ3n) is 3.51. The number of aromatic nitrogens is 6. The van der Waals surface area contributed by atoms with Crippen molar-refractivity contribution in [1.82, 2.24) is 29.9 Å². The van der Waals surface area contributed by atoms with E-state index in [9.17, 15) is 0 Å². The van der Waals surface area contributed by atoms with E-state index in [1.165, 1.54) is 0 Å². The number of fused-ring (bicyclic) bond motifs is 2. The first kappa shape index (κ1) is 12.8. The van der Waals surface area contributed by atoms with Crippen molar-refractivity contribution in [2.24, 2.45) is 0 Å². The van der Waals surface area contributed by atoms with Crippen molar-refractivity contribution in [3.8, 4) is 0 Å². The molecule has 110 valence electrons. The fourth-order valence-electron chi connectivity index (χ4n) is 2.46. The van der Waals surface area contributed by atoms with Gasteiger partial charge in [-0.2, -0.15) is 10.2 Å². The second-order valence-corrected chi connectivity index (χ2v) is 5.42. The molecule has 0 atom stereocenters. The summed E-state index contributed by atoms with van der Waals surface area (Å²) in [6.45, 7) is 4.17. The third kappa shape index (κ3) is 1.98. The summed E-state index contributed by atoms with van der Waals surface area (Å²) in [6.07, 6.45) is 5.36.